The van der Waals surface area contributed by atoms with Gasteiger partial charge in [0.15, 0.2) is 0 Å². The molecule has 2 aliphatic rings. The van der Waals surface area contributed by atoms with Gasteiger partial charge in [-0.3, -0.25) is 10.00 Å². The van der Waals surface area contributed by atoms with E-state index in [9.17, 15) is 4.79 Å². The first-order valence-electron chi connectivity index (χ1n) is 9.38. The van der Waals surface area contributed by atoms with Gasteiger partial charge < -0.3 is 14.5 Å². The lowest BCUT2D eigenvalue weighted by molar-refractivity contribution is 0.151. The van der Waals surface area contributed by atoms with E-state index >= 15 is 0 Å². The van der Waals surface area contributed by atoms with Crippen molar-refractivity contribution < 1.29 is 9.53 Å². The van der Waals surface area contributed by atoms with Crippen molar-refractivity contribution in [1.29, 1.82) is 0 Å². The Labute approximate surface area is 159 Å². The number of hydrogen-bond donors (Lipinski definition) is 1. The number of carbonyl (C=O) groups is 1. The summed E-state index contributed by atoms with van der Waals surface area (Å²) in [5.41, 5.74) is 2.39. The number of likely N-dealkylation sites (tertiary alicyclic amines) is 2. The molecule has 2 saturated heterocycles. The van der Waals surface area contributed by atoms with Crippen molar-refractivity contribution in [3.63, 3.8) is 0 Å². The summed E-state index contributed by atoms with van der Waals surface area (Å²) in [5, 5.41) is 6.94. The molecule has 3 heterocycles. The Kier molecular flexibility index (Phi) is 4.78. The predicted octanol–water partition coefficient (Wildman–Crippen LogP) is 2.20. The van der Waals surface area contributed by atoms with E-state index < -0.39 is 0 Å². The second-order valence-corrected chi connectivity index (χ2v) is 7.77. The second kappa shape index (κ2) is 7.23. The summed E-state index contributed by atoms with van der Waals surface area (Å²) >= 11 is 0. The van der Waals surface area contributed by atoms with Gasteiger partial charge in [-0.2, -0.15) is 5.10 Å². The van der Waals surface area contributed by atoms with Crippen LogP contribution in [0.15, 0.2) is 36.7 Å². The minimum atomic E-state index is 0.0894. The van der Waals surface area contributed by atoms with E-state index in [1.807, 2.05) is 43.5 Å². The maximum absolute atomic E-state index is 12.8. The normalized spacial score (nSPS) is 24.9. The molecule has 7 nitrogen and oxygen atoms in total. The standard InChI is InChI=1S/C20H27N5O2/c1-23(2)20(26)25-12-16-11-24(10-14-8-21-22-9-14)13-18(16)19(25)15-4-6-17(27-3)7-5-15/h4-9,16,18-19H,10-13H2,1-3H3,(H,21,22)/t16-,18-,19+/m1/s1. The lowest BCUT2D eigenvalue weighted by atomic mass is 9.89. The van der Waals surface area contributed by atoms with Gasteiger partial charge in [-0.15, -0.1) is 0 Å². The first-order chi connectivity index (χ1) is 13.1. The maximum Gasteiger partial charge on any atom is 0.320 e. The van der Waals surface area contributed by atoms with Gasteiger partial charge in [0.25, 0.3) is 0 Å². The van der Waals surface area contributed by atoms with Gasteiger partial charge in [0.1, 0.15) is 5.75 Å². The Morgan fingerprint density at radius 2 is 2.04 bits per heavy atom. The van der Waals surface area contributed by atoms with Crippen LogP contribution >= 0.6 is 0 Å². The molecule has 0 radical (unpaired) electrons. The first-order valence-corrected chi connectivity index (χ1v) is 9.38. The summed E-state index contributed by atoms with van der Waals surface area (Å²) in [7, 11) is 5.33. The third-order valence-corrected chi connectivity index (χ3v) is 5.79. The van der Waals surface area contributed by atoms with Crippen molar-refractivity contribution in [2.45, 2.75) is 12.6 Å². The number of rotatable bonds is 4. The molecule has 0 unspecified atom stereocenters. The minimum Gasteiger partial charge on any atom is -0.497 e. The number of benzene rings is 1. The summed E-state index contributed by atoms with van der Waals surface area (Å²) in [6.45, 7) is 3.71. The van der Waals surface area contributed by atoms with Crippen molar-refractivity contribution in [2.75, 3.05) is 40.8 Å². The van der Waals surface area contributed by atoms with E-state index in [0.717, 1.165) is 31.9 Å². The van der Waals surface area contributed by atoms with Gasteiger partial charge >= 0.3 is 6.03 Å². The Balaban J connectivity index is 1.57. The Morgan fingerprint density at radius 1 is 1.26 bits per heavy atom. The number of H-pyrrole nitrogens is 1. The molecule has 2 fully saturated rings. The highest BCUT2D eigenvalue weighted by atomic mass is 16.5. The molecule has 1 N–H and O–H groups in total. The zero-order valence-corrected chi connectivity index (χ0v) is 16.1. The molecule has 7 heteroatoms. The molecule has 3 atom stereocenters. The molecular weight excluding hydrogens is 342 g/mol. The number of methoxy groups -OCH3 is 1. The fourth-order valence-electron chi connectivity index (χ4n) is 4.57. The summed E-state index contributed by atoms with van der Waals surface area (Å²) in [6, 6.07) is 8.36. The summed E-state index contributed by atoms with van der Waals surface area (Å²) in [4.78, 5) is 19.0. The predicted molar refractivity (Wildman–Crippen MR) is 102 cm³/mol. The summed E-state index contributed by atoms with van der Waals surface area (Å²) in [5.74, 6) is 1.77. The topological polar surface area (TPSA) is 64.7 Å². The fraction of sp³-hybridized carbons (Fsp3) is 0.500. The lowest BCUT2D eigenvalue weighted by Gasteiger charge is -2.32. The molecule has 0 spiro atoms. The number of nitrogens with one attached hydrogen (secondary N) is 1. The van der Waals surface area contributed by atoms with Crippen LogP contribution in [0.25, 0.3) is 0 Å². The highest BCUT2D eigenvalue weighted by Crippen LogP contribution is 2.45. The minimum absolute atomic E-state index is 0.0894. The highest BCUT2D eigenvalue weighted by Gasteiger charge is 2.49. The molecule has 2 aromatic rings. The van der Waals surface area contributed by atoms with Crippen LogP contribution in [0.5, 0.6) is 5.75 Å². The van der Waals surface area contributed by atoms with E-state index in [4.69, 9.17) is 4.74 Å². The van der Waals surface area contributed by atoms with Crippen LogP contribution < -0.4 is 4.74 Å². The SMILES string of the molecule is COc1ccc([C@H]2[C@@H]3CN(Cc4cn[nH]c4)C[C@@H]3CN2C(=O)N(C)C)cc1. The van der Waals surface area contributed by atoms with Crippen molar-refractivity contribution >= 4 is 6.03 Å². The summed E-state index contributed by atoms with van der Waals surface area (Å²) < 4.78 is 5.30. The third-order valence-electron chi connectivity index (χ3n) is 5.79. The fourth-order valence-corrected chi connectivity index (χ4v) is 4.57. The quantitative estimate of drug-likeness (QED) is 0.897. The maximum atomic E-state index is 12.8. The van der Waals surface area contributed by atoms with Crippen LogP contribution in [0.3, 0.4) is 0 Å². The second-order valence-electron chi connectivity index (χ2n) is 7.77. The molecule has 2 aliphatic heterocycles. The molecule has 4 rings (SSSR count). The Hall–Kier alpha value is -2.54. The molecular formula is C20H27N5O2. The smallest absolute Gasteiger partial charge is 0.320 e. The van der Waals surface area contributed by atoms with Crippen LogP contribution in [0.4, 0.5) is 4.79 Å². The molecule has 1 aromatic heterocycles. The van der Waals surface area contributed by atoms with Crippen LogP contribution in [-0.4, -0.2) is 71.8 Å². The number of fused-ring (bicyclic) bond motifs is 1. The van der Waals surface area contributed by atoms with Crippen LogP contribution in [0.2, 0.25) is 0 Å². The number of nitrogens with zero attached hydrogens (tertiary/aromatic N) is 4. The van der Waals surface area contributed by atoms with Gasteiger partial charge in [0.05, 0.1) is 19.3 Å². The van der Waals surface area contributed by atoms with Crippen LogP contribution in [0.1, 0.15) is 17.2 Å². The molecule has 0 bridgehead atoms. The van der Waals surface area contributed by atoms with Gasteiger partial charge in [0, 0.05) is 58.0 Å². The summed E-state index contributed by atoms with van der Waals surface area (Å²) in [6.07, 6.45) is 3.84. The Morgan fingerprint density at radius 3 is 2.67 bits per heavy atom. The third kappa shape index (κ3) is 3.39. The Bertz CT molecular complexity index is 774. The number of urea groups is 1. The van der Waals surface area contributed by atoms with E-state index in [0.29, 0.717) is 11.8 Å². The molecule has 27 heavy (non-hydrogen) atoms. The largest absolute Gasteiger partial charge is 0.497 e. The number of hydrogen-bond acceptors (Lipinski definition) is 4. The van der Waals surface area contributed by atoms with E-state index in [1.165, 1.54) is 11.1 Å². The average molecular weight is 369 g/mol. The van der Waals surface area contributed by atoms with Crippen molar-refractivity contribution in [2.24, 2.45) is 11.8 Å². The molecule has 1 aromatic carbocycles. The van der Waals surface area contributed by atoms with E-state index in [1.54, 1.807) is 12.0 Å². The molecule has 2 amide bonds. The number of carbonyl (C=O) groups excluding carboxylic acids is 1. The van der Waals surface area contributed by atoms with Gasteiger partial charge in [0.2, 0.25) is 0 Å². The van der Waals surface area contributed by atoms with Crippen molar-refractivity contribution in [3.8, 4) is 5.75 Å². The van der Waals surface area contributed by atoms with Gasteiger partial charge in [-0.05, 0) is 23.6 Å². The average Bonchev–Trinajstić information content (AvgIpc) is 3.37. The monoisotopic (exact) mass is 369 g/mol. The molecule has 0 aliphatic carbocycles. The number of amides is 2. The van der Waals surface area contributed by atoms with E-state index in [-0.39, 0.29) is 12.1 Å². The van der Waals surface area contributed by atoms with Gasteiger partial charge in [-0.25, -0.2) is 4.79 Å². The van der Waals surface area contributed by atoms with Gasteiger partial charge in [-0.1, -0.05) is 12.1 Å². The van der Waals surface area contributed by atoms with Crippen LogP contribution in [0, 0.1) is 11.8 Å². The highest BCUT2D eigenvalue weighted by molar-refractivity contribution is 5.75. The zero-order chi connectivity index (χ0) is 19.0. The molecule has 0 saturated carbocycles. The van der Waals surface area contributed by atoms with Crippen LogP contribution in [-0.2, 0) is 6.54 Å². The first kappa shape index (κ1) is 17.9. The number of ether oxygens (including phenoxy) is 1. The number of aromatic nitrogens is 2. The number of aromatic amines is 1. The van der Waals surface area contributed by atoms with E-state index in [2.05, 4.69) is 27.2 Å². The zero-order valence-electron chi connectivity index (χ0n) is 16.1. The van der Waals surface area contributed by atoms with Crippen molar-refractivity contribution in [1.82, 2.24) is 24.9 Å². The molecule has 144 valence electrons. The lowest BCUT2D eigenvalue weighted by Crippen LogP contribution is -2.41. The van der Waals surface area contributed by atoms with Crippen molar-refractivity contribution in [3.05, 3.63) is 47.8 Å².